The van der Waals surface area contributed by atoms with Crippen LogP contribution in [0.4, 0.5) is 24.5 Å². The maximum Gasteiger partial charge on any atom is 0.416 e. The van der Waals surface area contributed by atoms with Gasteiger partial charge in [-0.2, -0.15) is 13.2 Å². The summed E-state index contributed by atoms with van der Waals surface area (Å²) >= 11 is 0. The summed E-state index contributed by atoms with van der Waals surface area (Å²) in [6.45, 7) is 0. The number of halogens is 3. The fourth-order valence-electron chi connectivity index (χ4n) is 1.97. The molecule has 0 bridgehead atoms. The SMILES string of the molecule is O=C(Nc1ccc(C(F)(F)F)cc1)c1c([OH2+])cc(O)c([N+](=O)[O-])c1[O-]. The topological polar surface area (TPSA) is 138 Å². The highest BCUT2D eigenvalue weighted by Gasteiger charge is 2.30. The van der Waals surface area contributed by atoms with Crippen LogP contribution in [0.3, 0.4) is 0 Å². The zero-order valence-electron chi connectivity index (χ0n) is 12.0. The average Bonchev–Trinajstić information content (AvgIpc) is 2.45. The van der Waals surface area contributed by atoms with Crippen molar-refractivity contribution in [3.05, 3.63) is 51.6 Å². The van der Waals surface area contributed by atoms with Crippen LogP contribution in [0.15, 0.2) is 30.3 Å². The van der Waals surface area contributed by atoms with Gasteiger partial charge in [0.2, 0.25) is 5.75 Å². The van der Waals surface area contributed by atoms with Gasteiger partial charge in [-0.1, -0.05) is 0 Å². The molecule has 2 rings (SSSR count). The van der Waals surface area contributed by atoms with Crippen molar-refractivity contribution < 1.29 is 38.2 Å². The third kappa shape index (κ3) is 3.54. The molecular formula is C14H9F3N2O6. The molecule has 2 aromatic carbocycles. The molecule has 0 heterocycles. The summed E-state index contributed by atoms with van der Waals surface area (Å²) in [4.78, 5) is 21.6. The lowest BCUT2D eigenvalue weighted by atomic mass is 10.1. The van der Waals surface area contributed by atoms with E-state index in [0.29, 0.717) is 18.2 Å². The molecule has 0 spiro atoms. The van der Waals surface area contributed by atoms with Crippen molar-refractivity contribution >= 4 is 17.3 Å². The zero-order chi connectivity index (χ0) is 18.9. The Morgan fingerprint density at radius 3 is 2.28 bits per heavy atom. The van der Waals surface area contributed by atoms with Gasteiger partial charge in [-0.05, 0) is 30.0 Å². The molecular weight excluding hydrogens is 349 g/mol. The number of nitrogens with zero attached hydrogens (tertiary/aromatic N) is 1. The van der Waals surface area contributed by atoms with E-state index in [0.717, 1.165) is 12.1 Å². The molecule has 4 N–H and O–H groups in total. The van der Waals surface area contributed by atoms with E-state index in [1.54, 1.807) is 0 Å². The van der Waals surface area contributed by atoms with Gasteiger partial charge in [0, 0.05) is 5.69 Å². The quantitative estimate of drug-likeness (QED) is 0.491. The summed E-state index contributed by atoms with van der Waals surface area (Å²) in [5, 5.41) is 41.6. The van der Waals surface area contributed by atoms with E-state index < -0.39 is 51.1 Å². The number of alkyl halides is 3. The summed E-state index contributed by atoms with van der Waals surface area (Å²) in [6, 6.07) is 3.78. The molecule has 0 unspecified atom stereocenters. The van der Waals surface area contributed by atoms with Crippen molar-refractivity contribution in [2.45, 2.75) is 6.18 Å². The van der Waals surface area contributed by atoms with E-state index in [1.165, 1.54) is 0 Å². The molecule has 0 aromatic heterocycles. The van der Waals surface area contributed by atoms with Crippen molar-refractivity contribution in [2.24, 2.45) is 0 Å². The van der Waals surface area contributed by atoms with Crippen molar-refractivity contribution in [1.82, 2.24) is 0 Å². The maximum absolute atomic E-state index is 12.5. The van der Waals surface area contributed by atoms with Crippen LogP contribution in [-0.4, -0.2) is 21.0 Å². The van der Waals surface area contributed by atoms with E-state index in [9.17, 15) is 38.3 Å². The summed E-state index contributed by atoms with van der Waals surface area (Å²) < 4.78 is 37.4. The fourth-order valence-corrected chi connectivity index (χ4v) is 1.97. The van der Waals surface area contributed by atoms with E-state index >= 15 is 0 Å². The van der Waals surface area contributed by atoms with Gasteiger partial charge >= 0.3 is 11.9 Å². The van der Waals surface area contributed by atoms with Gasteiger partial charge in [0.25, 0.3) is 11.7 Å². The molecule has 0 saturated carbocycles. The Morgan fingerprint density at radius 2 is 1.80 bits per heavy atom. The highest BCUT2D eigenvalue weighted by atomic mass is 19.4. The van der Waals surface area contributed by atoms with Crippen LogP contribution in [0.2, 0.25) is 0 Å². The van der Waals surface area contributed by atoms with Gasteiger partial charge in [0.15, 0.2) is 0 Å². The first kappa shape index (κ1) is 17.8. The van der Waals surface area contributed by atoms with Gasteiger partial charge in [-0.25, -0.2) is 0 Å². The van der Waals surface area contributed by atoms with Crippen LogP contribution in [-0.2, 0) is 6.18 Å². The van der Waals surface area contributed by atoms with Crippen molar-refractivity contribution in [1.29, 1.82) is 0 Å². The monoisotopic (exact) mass is 358 g/mol. The number of phenols is 1. The second-order valence-corrected chi connectivity index (χ2v) is 4.78. The molecule has 0 aliphatic rings. The smallest absolute Gasteiger partial charge is 0.416 e. The van der Waals surface area contributed by atoms with E-state index in [1.807, 2.05) is 0 Å². The van der Waals surface area contributed by atoms with Gasteiger partial charge in [-0.15, -0.1) is 0 Å². The Kier molecular flexibility index (Phi) is 4.42. The van der Waals surface area contributed by atoms with E-state index in [-0.39, 0.29) is 5.69 Å². The number of benzene rings is 2. The van der Waals surface area contributed by atoms with Gasteiger partial charge in [0.1, 0.15) is 5.56 Å². The number of anilines is 1. The summed E-state index contributed by atoms with van der Waals surface area (Å²) in [7, 11) is 0. The molecule has 1 amide bonds. The first-order chi connectivity index (χ1) is 11.5. The van der Waals surface area contributed by atoms with Crippen LogP contribution >= 0.6 is 0 Å². The minimum absolute atomic E-state index is 0.118. The van der Waals surface area contributed by atoms with Gasteiger partial charge < -0.3 is 20.6 Å². The molecule has 25 heavy (non-hydrogen) atoms. The number of nitrogens with one attached hydrogen (secondary N) is 1. The Morgan fingerprint density at radius 1 is 1.24 bits per heavy atom. The standard InChI is InChI=1S/C14H9F3N2O6/c15-14(16,17)6-1-3-7(4-2-6)18-13(23)10-8(20)5-9(21)11(12(10)22)19(24)25/h1-5,20-22H,(H,18,23). The highest BCUT2D eigenvalue weighted by Crippen LogP contribution is 2.41. The van der Waals surface area contributed by atoms with Crippen LogP contribution in [0.25, 0.3) is 0 Å². The largest absolute Gasteiger partial charge is 0.867 e. The first-order valence-corrected chi connectivity index (χ1v) is 6.44. The van der Waals surface area contributed by atoms with Crippen LogP contribution < -0.4 is 10.4 Å². The Hall–Kier alpha value is -3.50. The zero-order valence-corrected chi connectivity index (χ0v) is 12.0. The predicted molar refractivity (Wildman–Crippen MR) is 76.7 cm³/mol. The number of hydrogen-bond donors (Lipinski definition) is 2. The minimum atomic E-state index is -4.57. The lowest BCUT2D eigenvalue weighted by Crippen LogP contribution is -2.16. The summed E-state index contributed by atoms with van der Waals surface area (Å²) in [5.41, 5.74) is -3.26. The highest BCUT2D eigenvalue weighted by molar-refractivity contribution is 6.09. The van der Waals surface area contributed by atoms with Gasteiger partial charge in [0.05, 0.1) is 16.6 Å². The molecule has 132 valence electrons. The summed E-state index contributed by atoms with van der Waals surface area (Å²) in [5.74, 6) is -4.53. The van der Waals surface area contributed by atoms with Crippen molar-refractivity contribution in [2.75, 3.05) is 5.32 Å². The number of carbonyl (C=O) groups is 1. The van der Waals surface area contributed by atoms with Crippen LogP contribution in [0.1, 0.15) is 15.9 Å². The lowest BCUT2D eigenvalue weighted by Gasteiger charge is -2.14. The molecule has 2 aromatic rings. The molecule has 0 radical (unpaired) electrons. The van der Waals surface area contributed by atoms with Crippen LogP contribution in [0.5, 0.6) is 17.2 Å². The Labute approximate surface area is 136 Å². The predicted octanol–water partition coefficient (Wildman–Crippen LogP) is 2.08. The average molecular weight is 358 g/mol. The Balaban J connectivity index is 2.36. The molecule has 0 fully saturated rings. The minimum Gasteiger partial charge on any atom is -0.867 e. The molecule has 8 nitrogen and oxygen atoms in total. The normalized spacial score (nSPS) is 11.2. The Bertz CT molecular complexity index is 849. The first-order valence-electron chi connectivity index (χ1n) is 6.44. The number of phenolic OH excluding ortho intramolecular Hbond substituents is 1. The van der Waals surface area contributed by atoms with E-state index in [4.69, 9.17) is 5.11 Å². The second-order valence-electron chi connectivity index (χ2n) is 4.78. The number of nitro benzene ring substituents is 1. The third-order valence-corrected chi connectivity index (χ3v) is 3.11. The van der Waals surface area contributed by atoms with Crippen molar-refractivity contribution in [3.63, 3.8) is 0 Å². The molecule has 0 aliphatic heterocycles. The number of nitro groups is 1. The fraction of sp³-hybridized carbons (Fsp3) is 0.0714. The third-order valence-electron chi connectivity index (χ3n) is 3.11. The molecule has 0 saturated heterocycles. The number of aromatic hydroxyl groups is 1. The number of carbonyl (C=O) groups excluding carboxylic acids is 1. The van der Waals surface area contributed by atoms with E-state index in [2.05, 4.69) is 5.32 Å². The summed E-state index contributed by atoms with van der Waals surface area (Å²) in [6.07, 6.45) is -4.57. The maximum atomic E-state index is 12.5. The molecule has 11 heteroatoms. The lowest BCUT2D eigenvalue weighted by molar-refractivity contribution is -0.399. The number of rotatable bonds is 3. The van der Waals surface area contributed by atoms with Crippen LogP contribution in [0, 0.1) is 10.1 Å². The van der Waals surface area contributed by atoms with Gasteiger partial charge in [-0.3, -0.25) is 14.9 Å². The van der Waals surface area contributed by atoms with Crippen molar-refractivity contribution in [3.8, 4) is 17.2 Å². The molecule has 0 atom stereocenters. The molecule has 0 aliphatic carbocycles. The second kappa shape index (κ2) is 6.19. The number of amides is 1. The number of hydrogen-bond acceptors (Lipinski definition) is 5.